The highest BCUT2D eigenvalue weighted by atomic mass is 16.6. The number of hydrogen-bond donors (Lipinski definition) is 1. The number of nitrogens with one attached hydrogen (secondary N) is 1. The lowest BCUT2D eigenvalue weighted by molar-refractivity contribution is -0.162. The van der Waals surface area contributed by atoms with E-state index in [4.69, 9.17) is 14.2 Å². The predicted molar refractivity (Wildman–Crippen MR) is 96.1 cm³/mol. The van der Waals surface area contributed by atoms with Gasteiger partial charge in [0.05, 0.1) is 0 Å². The molecular formula is C20H21NO5. The predicted octanol–water partition coefficient (Wildman–Crippen LogP) is 3.53. The van der Waals surface area contributed by atoms with Gasteiger partial charge in [0, 0.05) is 12.3 Å². The standard InChI is InChI=1S/C20H21NO5/c1-14(25-20(23)18-8-5-13-24-18)19(22)21-15-9-11-17(12-10-15)26-16-6-3-2-4-7-16/h2-4,6-7,9-12,14,18H,5,8,13H2,1H3,(H,21,22)/t14-,18-/m1/s1. The second-order valence-electron chi connectivity index (χ2n) is 6.01. The van der Waals surface area contributed by atoms with Crippen LogP contribution in [0, 0.1) is 0 Å². The minimum Gasteiger partial charge on any atom is -0.457 e. The quantitative estimate of drug-likeness (QED) is 0.803. The van der Waals surface area contributed by atoms with Crippen molar-refractivity contribution in [1.29, 1.82) is 0 Å². The van der Waals surface area contributed by atoms with Crippen molar-refractivity contribution in [3.8, 4) is 11.5 Å². The van der Waals surface area contributed by atoms with Crippen LogP contribution in [0.1, 0.15) is 19.8 Å². The van der Waals surface area contributed by atoms with Crippen molar-refractivity contribution in [2.24, 2.45) is 0 Å². The Labute approximate surface area is 152 Å². The van der Waals surface area contributed by atoms with E-state index in [0.29, 0.717) is 24.5 Å². The van der Waals surface area contributed by atoms with Crippen LogP contribution in [-0.2, 0) is 19.1 Å². The molecule has 1 aliphatic heterocycles. The Hall–Kier alpha value is -2.86. The number of hydrogen-bond acceptors (Lipinski definition) is 5. The lowest BCUT2D eigenvalue weighted by atomic mass is 10.2. The van der Waals surface area contributed by atoms with Gasteiger partial charge < -0.3 is 19.5 Å². The molecule has 3 rings (SSSR count). The van der Waals surface area contributed by atoms with E-state index in [1.807, 2.05) is 30.3 Å². The van der Waals surface area contributed by atoms with E-state index in [-0.39, 0.29) is 0 Å². The maximum Gasteiger partial charge on any atom is 0.336 e. The highest BCUT2D eigenvalue weighted by molar-refractivity contribution is 5.95. The summed E-state index contributed by atoms with van der Waals surface area (Å²) in [7, 11) is 0. The van der Waals surface area contributed by atoms with Crippen LogP contribution in [-0.4, -0.2) is 30.7 Å². The lowest BCUT2D eigenvalue weighted by Crippen LogP contribution is -2.33. The van der Waals surface area contributed by atoms with Gasteiger partial charge in [0.25, 0.3) is 5.91 Å². The molecule has 0 aliphatic carbocycles. The molecule has 26 heavy (non-hydrogen) atoms. The van der Waals surface area contributed by atoms with Gasteiger partial charge in [-0.15, -0.1) is 0 Å². The monoisotopic (exact) mass is 355 g/mol. The van der Waals surface area contributed by atoms with Crippen LogP contribution in [0.3, 0.4) is 0 Å². The van der Waals surface area contributed by atoms with Crippen molar-refractivity contribution < 1.29 is 23.8 Å². The topological polar surface area (TPSA) is 73.9 Å². The summed E-state index contributed by atoms with van der Waals surface area (Å²) < 4.78 is 16.1. The van der Waals surface area contributed by atoms with Gasteiger partial charge in [-0.3, -0.25) is 4.79 Å². The molecule has 1 heterocycles. The van der Waals surface area contributed by atoms with E-state index in [0.717, 1.165) is 12.2 Å². The summed E-state index contributed by atoms with van der Waals surface area (Å²) in [5, 5.41) is 2.72. The number of carbonyl (C=O) groups excluding carboxylic acids is 2. The molecular weight excluding hydrogens is 334 g/mol. The second-order valence-corrected chi connectivity index (χ2v) is 6.01. The van der Waals surface area contributed by atoms with E-state index >= 15 is 0 Å². The van der Waals surface area contributed by atoms with Crippen molar-refractivity contribution in [3.05, 3.63) is 54.6 Å². The molecule has 0 spiro atoms. The highest BCUT2D eigenvalue weighted by Gasteiger charge is 2.28. The van der Waals surface area contributed by atoms with Gasteiger partial charge in [0.1, 0.15) is 11.5 Å². The zero-order valence-corrected chi connectivity index (χ0v) is 14.5. The van der Waals surface area contributed by atoms with Crippen molar-refractivity contribution in [1.82, 2.24) is 0 Å². The molecule has 1 N–H and O–H groups in total. The minimum atomic E-state index is -0.896. The first-order valence-electron chi connectivity index (χ1n) is 8.58. The van der Waals surface area contributed by atoms with E-state index in [9.17, 15) is 9.59 Å². The molecule has 1 aliphatic rings. The molecule has 0 unspecified atom stereocenters. The van der Waals surface area contributed by atoms with Crippen LogP contribution < -0.4 is 10.1 Å². The largest absolute Gasteiger partial charge is 0.457 e. The Balaban J connectivity index is 1.51. The third-order valence-corrected chi connectivity index (χ3v) is 3.96. The van der Waals surface area contributed by atoms with Gasteiger partial charge in [-0.05, 0) is 56.2 Å². The number of carbonyl (C=O) groups is 2. The van der Waals surface area contributed by atoms with Gasteiger partial charge in [-0.2, -0.15) is 0 Å². The number of rotatable bonds is 6. The van der Waals surface area contributed by atoms with Crippen molar-refractivity contribution in [2.45, 2.75) is 32.0 Å². The van der Waals surface area contributed by atoms with E-state index in [1.165, 1.54) is 6.92 Å². The molecule has 0 bridgehead atoms. The fourth-order valence-corrected chi connectivity index (χ4v) is 2.54. The molecule has 0 aromatic heterocycles. The number of esters is 1. The lowest BCUT2D eigenvalue weighted by Gasteiger charge is -2.16. The molecule has 1 amide bonds. The van der Waals surface area contributed by atoms with E-state index in [2.05, 4.69) is 5.32 Å². The molecule has 6 nitrogen and oxygen atoms in total. The normalized spacial score (nSPS) is 17.3. The first-order chi connectivity index (χ1) is 12.6. The zero-order valence-electron chi connectivity index (χ0n) is 14.5. The van der Waals surface area contributed by atoms with Crippen LogP contribution in [0.25, 0.3) is 0 Å². The number of benzene rings is 2. The van der Waals surface area contributed by atoms with Crippen molar-refractivity contribution in [2.75, 3.05) is 11.9 Å². The number of ether oxygens (including phenoxy) is 3. The number of para-hydroxylation sites is 1. The average molecular weight is 355 g/mol. The Kier molecular flexibility index (Phi) is 5.86. The van der Waals surface area contributed by atoms with Gasteiger partial charge >= 0.3 is 5.97 Å². The van der Waals surface area contributed by atoms with Gasteiger partial charge in [0.2, 0.25) is 0 Å². The summed E-state index contributed by atoms with van der Waals surface area (Å²) >= 11 is 0. The Morgan fingerprint density at radius 1 is 1.08 bits per heavy atom. The van der Waals surface area contributed by atoms with Crippen molar-refractivity contribution in [3.63, 3.8) is 0 Å². The average Bonchev–Trinajstić information content (AvgIpc) is 3.19. The smallest absolute Gasteiger partial charge is 0.336 e. The fraction of sp³-hybridized carbons (Fsp3) is 0.300. The van der Waals surface area contributed by atoms with Crippen LogP contribution in [0.2, 0.25) is 0 Å². The number of amides is 1. The zero-order chi connectivity index (χ0) is 18.4. The van der Waals surface area contributed by atoms with E-state index in [1.54, 1.807) is 24.3 Å². The summed E-state index contributed by atoms with van der Waals surface area (Å²) in [5.74, 6) is 0.510. The van der Waals surface area contributed by atoms with Gasteiger partial charge in [-0.1, -0.05) is 18.2 Å². The molecule has 1 fully saturated rings. The molecule has 6 heteroatoms. The van der Waals surface area contributed by atoms with Crippen LogP contribution in [0.5, 0.6) is 11.5 Å². The summed E-state index contributed by atoms with van der Waals surface area (Å²) in [5.41, 5.74) is 0.593. The first-order valence-corrected chi connectivity index (χ1v) is 8.58. The summed E-state index contributed by atoms with van der Waals surface area (Å²) in [4.78, 5) is 24.1. The maximum atomic E-state index is 12.2. The first kappa shape index (κ1) is 17.9. The Morgan fingerprint density at radius 2 is 1.77 bits per heavy atom. The summed E-state index contributed by atoms with van der Waals surface area (Å²) in [6, 6.07) is 16.4. The molecule has 136 valence electrons. The van der Waals surface area contributed by atoms with E-state index < -0.39 is 24.1 Å². The van der Waals surface area contributed by atoms with Crippen LogP contribution >= 0.6 is 0 Å². The molecule has 0 saturated carbocycles. The SMILES string of the molecule is C[C@@H](OC(=O)[C@H]1CCCO1)C(=O)Nc1ccc(Oc2ccccc2)cc1. The summed E-state index contributed by atoms with van der Waals surface area (Å²) in [6.07, 6.45) is 0.0139. The fourth-order valence-electron chi connectivity index (χ4n) is 2.54. The second kappa shape index (κ2) is 8.49. The third kappa shape index (κ3) is 4.83. The minimum absolute atomic E-state index is 0.395. The highest BCUT2D eigenvalue weighted by Crippen LogP contribution is 2.22. The molecule has 0 radical (unpaired) electrons. The van der Waals surface area contributed by atoms with Crippen LogP contribution in [0.4, 0.5) is 5.69 Å². The number of anilines is 1. The Morgan fingerprint density at radius 3 is 2.42 bits per heavy atom. The Bertz CT molecular complexity index is 739. The molecule has 2 aromatic rings. The maximum absolute atomic E-state index is 12.2. The molecule has 2 atom stereocenters. The van der Waals surface area contributed by atoms with Crippen molar-refractivity contribution >= 4 is 17.6 Å². The third-order valence-electron chi connectivity index (χ3n) is 3.96. The summed E-state index contributed by atoms with van der Waals surface area (Å²) in [6.45, 7) is 2.09. The van der Waals surface area contributed by atoms with Crippen LogP contribution in [0.15, 0.2) is 54.6 Å². The molecule has 1 saturated heterocycles. The van der Waals surface area contributed by atoms with Gasteiger partial charge in [-0.25, -0.2) is 4.79 Å². The van der Waals surface area contributed by atoms with Gasteiger partial charge in [0.15, 0.2) is 12.2 Å². The molecule has 2 aromatic carbocycles.